The van der Waals surface area contributed by atoms with Crippen LogP contribution in [0.3, 0.4) is 0 Å². The monoisotopic (exact) mass is 342 g/mol. The maximum absolute atomic E-state index is 5.62. The third-order valence-electron chi connectivity index (χ3n) is 4.28. The van der Waals surface area contributed by atoms with Gasteiger partial charge in [-0.2, -0.15) is 0 Å². The SMILES string of the molecule is [S-][NH+]1C2=CC=C1C=c1ccc([nH]1)=CC1=NC(=CC3=NC(=C2)C=C3)C=C1. The fraction of sp³-hybridized carbons (Fsp3) is 0. The number of aliphatic imine (C=N–C) groups is 2. The summed E-state index contributed by atoms with van der Waals surface area (Å²) in [6, 6.07) is 4.10. The molecule has 1 atom stereocenters. The number of nitrogens with zero attached hydrogens (tertiary/aromatic N) is 2. The van der Waals surface area contributed by atoms with E-state index in [0.717, 1.165) is 49.2 Å². The van der Waals surface area contributed by atoms with E-state index >= 15 is 0 Å². The molecule has 120 valence electrons. The molecule has 0 amide bonds. The maximum Gasteiger partial charge on any atom is 0.120 e. The Kier molecular flexibility index (Phi) is 3.23. The average molecular weight is 342 g/mol. The van der Waals surface area contributed by atoms with Crippen molar-refractivity contribution in [1.82, 2.24) is 4.98 Å². The highest BCUT2D eigenvalue weighted by molar-refractivity contribution is 7.51. The lowest BCUT2D eigenvalue weighted by molar-refractivity contribution is -0.646. The third-order valence-corrected chi connectivity index (χ3v) is 4.75. The van der Waals surface area contributed by atoms with Crippen LogP contribution in [0.2, 0.25) is 0 Å². The summed E-state index contributed by atoms with van der Waals surface area (Å²) in [6.45, 7) is 0. The number of quaternary nitrogens is 1. The number of H-pyrrole nitrogens is 1. The van der Waals surface area contributed by atoms with Crippen LogP contribution in [0.4, 0.5) is 0 Å². The van der Waals surface area contributed by atoms with Crippen LogP contribution in [0.5, 0.6) is 0 Å². The zero-order chi connectivity index (χ0) is 16.8. The summed E-state index contributed by atoms with van der Waals surface area (Å²) in [7, 11) is 0. The van der Waals surface area contributed by atoms with E-state index in [2.05, 4.69) is 33.2 Å². The van der Waals surface area contributed by atoms with E-state index in [0.29, 0.717) is 0 Å². The van der Waals surface area contributed by atoms with Crippen molar-refractivity contribution in [2.75, 3.05) is 0 Å². The second-order valence-electron chi connectivity index (χ2n) is 6.11. The molecule has 4 nitrogen and oxygen atoms in total. The molecule has 4 aliphatic rings. The van der Waals surface area contributed by atoms with Crippen molar-refractivity contribution in [1.29, 1.82) is 0 Å². The minimum absolute atomic E-state index is 0.848. The predicted molar refractivity (Wildman–Crippen MR) is 103 cm³/mol. The first-order valence-corrected chi connectivity index (χ1v) is 8.46. The first-order valence-electron chi connectivity index (χ1n) is 8.05. The van der Waals surface area contributed by atoms with Crippen LogP contribution < -0.4 is 15.0 Å². The van der Waals surface area contributed by atoms with E-state index in [1.54, 1.807) is 0 Å². The summed E-state index contributed by atoms with van der Waals surface area (Å²) in [4.78, 5) is 12.7. The Hall–Kier alpha value is -2.89. The topological polar surface area (TPSA) is 45.0 Å². The number of allylic oxidation sites excluding steroid dienone is 9. The second-order valence-corrected chi connectivity index (χ2v) is 6.52. The van der Waals surface area contributed by atoms with Crippen molar-refractivity contribution < 1.29 is 4.31 Å². The highest BCUT2D eigenvalue weighted by Gasteiger charge is 2.15. The first kappa shape index (κ1) is 14.5. The molecule has 5 rings (SSSR count). The van der Waals surface area contributed by atoms with Crippen molar-refractivity contribution >= 4 is 36.4 Å². The maximum atomic E-state index is 5.62. The number of aromatic nitrogens is 1. The van der Waals surface area contributed by atoms with Gasteiger partial charge in [0, 0.05) is 35.0 Å². The molecule has 0 saturated carbocycles. The molecule has 5 heterocycles. The van der Waals surface area contributed by atoms with Crippen molar-refractivity contribution in [3.8, 4) is 0 Å². The Morgan fingerprint density at radius 3 is 2.08 bits per heavy atom. The zero-order valence-corrected chi connectivity index (χ0v) is 14.0. The highest BCUT2D eigenvalue weighted by Crippen LogP contribution is 2.16. The Balaban J connectivity index is 1.68. The van der Waals surface area contributed by atoms with Gasteiger partial charge in [0.2, 0.25) is 0 Å². The van der Waals surface area contributed by atoms with Crippen molar-refractivity contribution in [3.05, 3.63) is 94.2 Å². The molecule has 1 aromatic rings. The molecule has 25 heavy (non-hydrogen) atoms. The summed E-state index contributed by atoms with van der Waals surface area (Å²) in [5.41, 5.74) is 5.68. The Bertz CT molecular complexity index is 1150. The molecule has 0 aromatic carbocycles. The van der Waals surface area contributed by atoms with Gasteiger partial charge in [-0.25, -0.2) is 9.98 Å². The Morgan fingerprint density at radius 2 is 1.32 bits per heavy atom. The molecule has 0 aliphatic carbocycles. The summed E-state index contributed by atoms with van der Waals surface area (Å²) >= 11 is 5.62. The Labute approximate surface area is 150 Å². The number of nitrogens with one attached hydrogen (secondary N) is 2. The van der Waals surface area contributed by atoms with Gasteiger partial charge >= 0.3 is 0 Å². The average Bonchev–Trinajstić information content (AvgIpc) is 3.36. The van der Waals surface area contributed by atoms with Crippen molar-refractivity contribution in [3.63, 3.8) is 0 Å². The second kappa shape index (κ2) is 5.58. The Morgan fingerprint density at radius 1 is 0.720 bits per heavy atom. The number of rotatable bonds is 0. The molecule has 2 N–H and O–H groups in total. The third kappa shape index (κ3) is 2.73. The summed E-state index contributed by atoms with van der Waals surface area (Å²) in [5.74, 6) is 0. The van der Waals surface area contributed by atoms with E-state index in [1.807, 2.05) is 54.7 Å². The molecule has 4 aliphatic heterocycles. The number of fused-ring (bicyclic) bond motifs is 6. The van der Waals surface area contributed by atoms with Crippen LogP contribution in [0.1, 0.15) is 0 Å². The van der Waals surface area contributed by atoms with Crippen LogP contribution in [0.25, 0.3) is 12.2 Å². The van der Waals surface area contributed by atoms with Gasteiger partial charge in [0.25, 0.3) is 0 Å². The van der Waals surface area contributed by atoms with Gasteiger partial charge < -0.3 is 22.1 Å². The highest BCUT2D eigenvalue weighted by atomic mass is 32.1. The van der Waals surface area contributed by atoms with E-state index in [9.17, 15) is 0 Å². The molecular formula is C20H14N4S. The van der Waals surface area contributed by atoms with Gasteiger partial charge in [-0.3, -0.25) is 0 Å². The standard InChI is InChI=1S/C20H14N4S/c25-24-19-7-8-20(24)12-18-6-4-16(23-18)10-14-2-1-13(21-14)9-15-3-5-17(11-19)22-15/h1-12,22,24H. The molecule has 0 fully saturated rings. The quantitative estimate of drug-likeness (QED) is 0.663. The fourth-order valence-corrected chi connectivity index (χ4v) is 3.32. The van der Waals surface area contributed by atoms with Crippen LogP contribution in [0, 0.1) is 0 Å². The fourth-order valence-electron chi connectivity index (χ4n) is 3.07. The predicted octanol–water partition coefficient (Wildman–Crippen LogP) is 0.507. The lowest BCUT2D eigenvalue weighted by Crippen LogP contribution is -3.02. The minimum atomic E-state index is 0.848. The van der Waals surface area contributed by atoms with Gasteiger partial charge in [-0.1, -0.05) is 0 Å². The molecule has 1 unspecified atom stereocenters. The largest absolute Gasteiger partial charge is 0.483 e. The van der Waals surface area contributed by atoms with E-state index in [-0.39, 0.29) is 0 Å². The zero-order valence-electron chi connectivity index (χ0n) is 13.2. The van der Waals surface area contributed by atoms with Crippen LogP contribution in [-0.2, 0) is 12.8 Å². The number of aromatic amines is 1. The van der Waals surface area contributed by atoms with Crippen molar-refractivity contribution in [2.24, 2.45) is 9.98 Å². The summed E-state index contributed by atoms with van der Waals surface area (Å²) in [5, 5.41) is 2.04. The molecule has 5 heteroatoms. The minimum Gasteiger partial charge on any atom is -0.483 e. The lowest BCUT2D eigenvalue weighted by atomic mass is 10.3. The number of hydrogen-bond acceptors (Lipinski definition) is 3. The normalized spacial score (nSPS) is 23.2. The van der Waals surface area contributed by atoms with Gasteiger partial charge in [-0.05, 0) is 48.6 Å². The van der Waals surface area contributed by atoms with E-state index in [4.69, 9.17) is 12.8 Å². The molecule has 0 radical (unpaired) electrons. The first-order chi connectivity index (χ1) is 12.2. The van der Waals surface area contributed by atoms with Gasteiger partial charge in [0.05, 0.1) is 22.8 Å². The van der Waals surface area contributed by atoms with E-state index in [1.165, 1.54) is 0 Å². The molecule has 1 aromatic heterocycles. The lowest BCUT2D eigenvalue weighted by Gasteiger charge is -2.20. The molecule has 0 spiro atoms. The van der Waals surface area contributed by atoms with Crippen LogP contribution in [0.15, 0.2) is 93.5 Å². The van der Waals surface area contributed by atoms with Crippen LogP contribution >= 0.6 is 0 Å². The van der Waals surface area contributed by atoms with E-state index < -0.39 is 0 Å². The van der Waals surface area contributed by atoms with Gasteiger partial charge in [-0.15, -0.1) is 0 Å². The summed E-state index contributed by atoms with van der Waals surface area (Å²) < 4.78 is 0.848. The summed E-state index contributed by atoms with van der Waals surface area (Å²) in [6.07, 6.45) is 20.2. The molecule has 8 bridgehead atoms. The van der Waals surface area contributed by atoms with Crippen LogP contribution in [-0.4, -0.2) is 16.4 Å². The van der Waals surface area contributed by atoms with Gasteiger partial charge in [0.1, 0.15) is 11.4 Å². The van der Waals surface area contributed by atoms with Gasteiger partial charge in [0.15, 0.2) is 0 Å². The molecular weight excluding hydrogens is 328 g/mol. The molecule has 0 saturated heterocycles. The van der Waals surface area contributed by atoms with Crippen molar-refractivity contribution in [2.45, 2.75) is 0 Å². The smallest absolute Gasteiger partial charge is 0.120 e. The number of hydrogen-bond donors (Lipinski definition) is 2.